The summed E-state index contributed by atoms with van der Waals surface area (Å²) in [6, 6.07) is 4.37. The van der Waals surface area contributed by atoms with Crippen molar-refractivity contribution < 1.29 is 28.8 Å². The van der Waals surface area contributed by atoms with Crippen LogP contribution in [-0.4, -0.2) is 90.4 Å². The van der Waals surface area contributed by atoms with Crippen LogP contribution in [0.3, 0.4) is 0 Å². The summed E-state index contributed by atoms with van der Waals surface area (Å²) in [7, 11) is 1.71. The Morgan fingerprint density at radius 3 is 2.85 bits per heavy atom. The summed E-state index contributed by atoms with van der Waals surface area (Å²) in [6.45, 7) is 3.22. The number of benzene rings is 1. The van der Waals surface area contributed by atoms with Crippen molar-refractivity contribution in [2.75, 3.05) is 33.4 Å². The van der Waals surface area contributed by atoms with Gasteiger partial charge in [-0.25, -0.2) is 4.90 Å². The fraction of sp³-hybridized carbons (Fsp3) is 0.769. The topological polar surface area (TPSA) is 72.9 Å². The van der Waals surface area contributed by atoms with Crippen LogP contribution < -0.4 is 9.47 Å². The van der Waals surface area contributed by atoms with Crippen molar-refractivity contribution in [3.05, 3.63) is 23.3 Å². The van der Waals surface area contributed by atoms with Gasteiger partial charge in [0.2, 0.25) is 0 Å². The highest BCUT2D eigenvalue weighted by Crippen LogP contribution is 2.69. The molecule has 2 bridgehead atoms. The molecule has 182 valence electrons. The molecule has 34 heavy (non-hydrogen) atoms. The molecule has 0 unspecified atom stereocenters. The molecular formula is C26H32N2O6. The molecule has 0 amide bonds. The highest BCUT2D eigenvalue weighted by molar-refractivity contribution is 5.63. The molecule has 8 heteroatoms. The van der Waals surface area contributed by atoms with Crippen molar-refractivity contribution in [1.82, 2.24) is 9.80 Å². The van der Waals surface area contributed by atoms with Crippen molar-refractivity contribution in [1.29, 1.82) is 0 Å². The number of hydrogen-bond donors (Lipinski definition) is 1. The Morgan fingerprint density at radius 2 is 2.00 bits per heavy atom. The van der Waals surface area contributed by atoms with E-state index in [0.29, 0.717) is 19.6 Å². The third-order valence-corrected chi connectivity index (χ3v) is 10.6. The van der Waals surface area contributed by atoms with Crippen molar-refractivity contribution >= 4 is 0 Å². The van der Waals surface area contributed by atoms with Crippen LogP contribution in [-0.2, 0) is 26.0 Å². The summed E-state index contributed by atoms with van der Waals surface area (Å²) < 4.78 is 32.0. The van der Waals surface area contributed by atoms with Gasteiger partial charge in [-0.2, -0.15) is 0 Å². The predicted molar refractivity (Wildman–Crippen MR) is 119 cm³/mol. The highest BCUT2D eigenvalue weighted by atomic mass is 16.7. The lowest BCUT2D eigenvalue weighted by molar-refractivity contribution is -0.259. The van der Waals surface area contributed by atoms with Crippen LogP contribution in [0.15, 0.2) is 12.1 Å². The fourth-order valence-corrected chi connectivity index (χ4v) is 9.08. The first kappa shape index (κ1) is 19.7. The molecule has 8 nitrogen and oxygen atoms in total. The molecule has 0 aromatic heterocycles. The normalized spacial score (nSPS) is 49.9. The Balaban J connectivity index is 1.24. The van der Waals surface area contributed by atoms with E-state index in [1.54, 1.807) is 7.11 Å². The first-order valence-electron chi connectivity index (χ1n) is 13.1. The number of piperidine rings is 1. The summed E-state index contributed by atoms with van der Waals surface area (Å²) in [4.78, 5) is 4.88. The van der Waals surface area contributed by atoms with Gasteiger partial charge in [0.1, 0.15) is 30.4 Å². The molecule has 2 spiro atoms. The quantitative estimate of drug-likeness (QED) is 0.713. The molecule has 6 fully saturated rings. The van der Waals surface area contributed by atoms with E-state index in [1.807, 2.05) is 6.07 Å². The van der Waals surface area contributed by atoms with Crippen LogP contribution in [0.4, 0.5) is 0 Å². The van der Waals surface area contributed by atoms with Crippen molar-refractivity contribution in [2.45, 2.75) is 86.0 Å². The molecule has 4 saturated heterocycles. The van der Waals surface area contributed by atoms with Gasteiger partial charge in [-0.1, -0.05) is 6.07 Å². The average Bonchev–Trinajstić information content (AvgIpc) is 3.18. The summed E-state index contributed by atoms with van der Waals surface area (Å²) >= 11 is 0. The molecule has 1 N–H and O–H groups in total. The van der Waals surface area contributed by atoms with E-state index in [2.05, 4.69) is 15.9 Å². The van der Waals surface area contributed by atoms with Gasteiger partial charge >= 0.3 is 0 Å². The number of ether oxygens (including phenoxy) is 5. The third kappa shape index (κ3) is 2.00. The number of hydrogen-bond acceptors (Lipinski definition) is 8. The molecule has 8 aliphatic rings. The first-order valence-corrected chi connectivity index (χ1v) is 13.1. The molecule has 8 atom stereocenters. The lowest BCUT2D eigenvalue weighted by atomic mass is 9.46. The molecule has 9 rings (SSSR count). The third-order valence-electron chi connectivity index (χ3n) is 10.6. The molecule has 3 aliphatic carbocycles. The number of likely N-dealkylation sites (tertiary alicyclic amines) is 1. The minimum Gasteiger partial charge on any atom is -0.493 e. The van der Waals surface area contributed by atoms with E-state index in [1.165, 1.54) is 24.0 Å². The lowest BCUT2D eigenvalue weighted by Gasteiger charge is -2.66. The zero-order valence-electron chi connectivity index (χ0n) is 19.6. The predicted octanol–water partition coefficient (Wildman–Crippen LogP) is 1.37. The Labute approximate surface area is 199 Å². The number of nitrogens with zero attached hydrogens (tertiary/aromatic N) is 2. The van der Waals surface area contributed by atoms with Gasteiger partial charge in [0.15, 0.2) is 11.5 Å². The molecule has 5 heterocycles. The molecule has 0 radical (unpaired) electrons. The summed E-state index contributed by atoms with van der Waals surface area (Å²) in [5, 5.41) is 12.8. The molecule has 5 aliphatic heterocycles. The summed E-state index contributed by atoms with van der Waals surface area (Å²) in [5.74, 6) is 2.37. The van der Waals surface area contributed by atoms with Crippen LogP contribution in [0.25, 0.3) is 0 Å². The minimum atomic E-state index is -0.856. The van der Waals surface area contributed by atoms with Crippen molar-refractivity contribution in [3.8, 4) is 11.5 Å². The molecule has 1 aromatic rings. The molecule has 1 aromatic carbocycles. The van der Waals surface area contributed by atoms with Gasteiger partial charge in [0.25, 0.3) is 0 Å². The second-order valence-corrected chi connectivity index (χ2v) is 11.9. The number of rotatable bonds is 3. The van der Waals surface area contributed by atoms with Crippen molar-refractivity contribution in [3.63, 3.8) is 0 Å². The van der Waals surface area contributed by atoms with E-state index in [-0.39, 0.29) is 30.8 Å². The fourth-order valence-electron chi connectivity index (χ4n) is 9.08. The summed E-state index contributed by atoms with van der Waals surface area (Å²) in [5.41, 5.74) is 0.484. The zero-order chi connectivity index (χ0) is 22.4. The highest BCUT2D eigenvalue weighted by Gasteiger charge is 2.80. The Morgan fingerprint density at radius 1 is 1.12 bits per heavy atom. The van der Waals surface area contributed by atoms with Crippen LogP contribution in [0.2, 0.25) is 0 Å². The Kier molecular flexibility index (Phi) is 3.54. The monoisotopic (exact) mass is 468 g/mol. The molecular weight excluding hydrogens is 436 g/mol. The number of aliphatic hydroxyl groups is 1. The Bertz CT molecular complexity index is 1100. The number of methoxy groups -OCH3 is 1. The van der Waals surface area contributed by atoms with Gasteiger partial charge in [0, 0.05) is 18.2 Å². The standard InChI is InChI=1S/C26H32N2O6/c1-30-16-5-4-15-10-17-26(29)7-6-25(23-28-18(12-32-23)31-13-19(28)34-25)22-24(26,20(15)21(16)33-22)8-9-27(17)11-14-2-3-14/h4-5,14,17-19,22-23,29H,2-3,6-13H2,1H3/t17-,18+,19+,22-,23+,24+,25+,26-/m1/s1. The van der Waals surface area contributed by atoms with E-state index < -0.39 is 16.6 Å². The second-order valence-electron chi connectivity index (χ2n) is 11.9. The van der Waals surface area contributed by atoms with E-state index in [9.17, 15) is 5.11 Å². The average molecular weight is 469 g/mol. The zero-order valence-corrected chi connectivity index (χ0v) is 19.6. The maximum atomic E-state index is 12.8. The van der Waals surface area contributed by atoms with E-state index in [0.717, 1.165) is 49.8 Å². The van der Waals surface area contributed by atoms with Crippen molar-refractivity contribution in [2.24, 2.45) is 5.92 Å². The SMILES string of the molecule is COc1ccc2c3c1O[C@H]1[C@]4(CC[C@@]5(O)[C@@H](C2)N(CC2CC2)CC[C@]315)O[C@H]1CO[C@H]2CO[C@@H]4N21. The second kappa shape index (κ2) is 6.10. The van der Waals surface area contributed by atoms with Crippen LogP contribution in [0.1, 0.15) is 43.2 Å². The van der Waals surface area contributed by atoms with E-state index >= 15 is 0 Å². The van der Waals surface area contributed by atoms with Gasteiger partial charge in [-0.15, -0.1) is 0 Å². The first-order chi connectivity index (χ1) is 16.6. The van der Waals surface area contributed by atoms with Crippen LogP contribution >= 0.6 is 0 Å². The van der Waals surface area contributed by atoms with Crippen LogP contribution in [0, 0.1) is 5.92 Å². The number of fused-ring (bicyclic) bond motifs is 2. The van der Waals surface area contributed by atoms with Gasteiger partial charge in [-0.05, 0) is 62.6 Å². The van der Waals surface area contributed by atoms with Crippen LogP contribution in [0.5, 0.6) is 11.5 Å². The summed E-state index contributed by atoms with van der Waals surface area (Å²) in [6.07, 6.45) is 5.13. The Hall–Kier alpha value is -1.42. The maximum absolute atomic E-state index is 12.8. The minimum absolute atomic E-state index is 0.0407. The van der Waals surface area contributed by atoms with Gasteiger partial charge in [0.05, 0.1) is 31.3 Å². The molecule has 2 saturated carbocycles. The smallest absolute Gasteiger partial charge is 0.166 e. The van der Waals surface area contributed by atoms with E-state index in [4.69, 9.17) is 23.7 Å². The van der Waals surface area contributed by atoms with Gasteiger partial charge < -0.3 is 28.8 Å². The van der Waals surface area contributed by atoms with Gasteiger partial charge in [-0.3, -0.25) is 4.90 Å². The largest absolute Gasteiger partial charge is 0.493 e. The maximum Gasteiger partial charge on any atom is 0.166 e. The lowest BCUT2D eigenvalue weighted by Crippen LogP contribution is -2.80.